The molecule has 2 rings (SSSR count). The maximum Gasteiger partial charge on any atom is 0.269 e. The van der Waals surface area contributed by atoms with Crippen molar-refractivity contribution < 1.29 is 14.4 Å². The van der Waals surface area contributed by atoms with Crippen LogP contribution in [0.15, 0.2) is 42.5 Å². The van der Waals surface area contributed by atoms with Crippen molar-refractivity contribution in [1.29, 1.82) is 5.41 Å². The highest BCUT2D eigenvalue weighted by atomic mass is 16.6. The van der Waals surface area contributed by atoms with Gasteiger partial charge in [-0.05, 0) is 30.3 Å². The van der Waals surface area contributed by atoms with Crippen molar-refractivity contribution in [1.82, 2.24) is 0 Å². The summed E-state index contributed by atoms with van der Waals surface area (Å²) in [5, 5.41) is 18.0. The highest BCUT2D eigenvalue weighted by Crippen LogP contribution is 2.32. The fourth-order valence-electron chi connectivity index (χ4n) is 1.68. The minimum atomic E-state index is -0.480. The fourth-order valence-corrected chi connectivity index (χ4v) is 1.68. The molecule has 7 nitrogen and oxygen atoms in total. The van der Waals surface area contributed by atoms with Crippen LogP contribution in [-0.2, 0) is 0 Å². The zero-order valence-corrected chi connectivity index (χ0v) is 11.2. The van der Waals surface area contributed by atoms with Crippen LogP contribution >= 0.6 is 0 Å². The van der Waals surface area contributed by atoms with Gasteiger partial charge in [0.1, 0.15) is 11.6 Å². The molecule has 2 aromatic rings. The molecular formula is C14H13N3O4. The lowest BCUT2D eigenvalue weighted by Crippen LogP contribution is -2.11. The number of non-ortho nitro benzene ring substituents is 1. The molecule has 0 saturated carbocycles. The second-order valence-corrected chi connectivity index (χ2v) is 4.13. The summed E-state index contributed by atoms with van der Waals surface area (Å²) in [6.45, 7) is 0. The van der Waals surface area contributed by atoms with Gasteiger partial charge in [-0.25, -0.2) is 0 Å². The Morgan fingerprint density at radius 3 is 2.38 bits per heavy atom. The summed E-state index contributed by atoms with van der Waals surface area (Å²) in [5.41, 5.74) is 5.91. The van der Waals surface area contributed by atoms with Crippen LogP contribution in [0.25, 0.3) is 0 Å². The minimum absolute atomic E-state index is 0.0127. The predicted molar refractivity (Wildman–Crippen MR) is 77.2 cm³/mol. The first-order chi connectivity index (χ1) is 10.0. The number of rotatable bonds is 5. The Labute approximate surface area is 120 Å². The Hall–Kier alpha value is -3.09. The molecule has 0 fully saturated rings. The maximum absolute atomic E-state index is 10.6. The predicted octanol–water partition coefficient (Wildman–Crippen LogP) is 2.68. The number of ether oxygens (including phenoxy) is 2. The Bertz CT molecular complexity index is 683. The van der Waals surface area contributed by atoms with Gasteiger partial charge in [0.2, 0.25) is 0 Å². The van der Waals surface area contributed by atoms with Crippen LogP contribution in [0.4, 0.5) is 5.69 Å². The molecule has 0 bridgehead atoms. The molecule has 0 unspecified atom stereocenters. The Morgan fingerprint density at radius 1 is 1.19 bits per heavy atom. The van der Waals surface area contributed by atoms with Crippen molar-refractivity contribution in [2.45, 2.75) is 0 Å². The topological polar surface area (TPSA) is 111 Å². The number of hydrogen-bond donors (Lipinski definition) is 2. The van der Waals surface area contributed by atoms with E-state index in [1.165, 1.54) is 31.4 Å². The molecule has 2 aromatic carbocycles. The smallest absolute Gasteiger partial charge is 0.269 e. The molecule has 0 radical (unpaired) electrons. The van der Waals surface area contributed by atoms with Crippen molar-refractivity contribution >= 4 is 11.5 Å². The average Bonchev–Trinajstić information content (AvgIpc) is 2.48. The lowest BCUT2D eigenvalue weighted by atomic mass is 10.2. The monoisotopic (exact) mass is 287 g/mol. The number of amidine groups is 1. The van der Waals surface area contributed by atoms with Gasteiger partial charge in [-0.1, -0.05) is 0 Å². The van der Waals surface area contributed by atoms with Crippen LogP contribution in [-0.4, -0.2) is 17.9 Å². The van der Waals surface area contributed by atoms with E-state index in [9.17, 15) is 10.1 Å². The third-order valence-corrected chi connectivity index (χ3v) is 2.75. The summed E-state index contributed by atoms with van der Waals surface area (Å²) in [6.07, 6.45) is 0. The highest BCUT2D eigenvalue weighted by molar-refractivity contribution is 5.95. The molecule has 0 aliphatic rings. The van der Waals surface area contributed by atoms with Gasteiger partial charge in [0.05, 0.1) is 12.0 Å². The molecule has 0 spiro atoms. The number of methoxy groups -OCH3 is 1. The standard InChI is InChI=1S/C14H13N3O4/c1-20-13-8-9(14(15)16)2-7-12(13)21-11-5-3-10(4-6-11)17(18)19/h2-8H,1H3,(H3,15,16). The van der Waals surface area contributed by atoms with Gasteiger partial charge in [0, 0.05) is 17.7 Å². The van der Waals surface area contributed by atoms with E-state index in [1.807, 2.05) is 0 Å². The van der Waals surface area contributed by atoms with Crippen LogP contribution in [0.1, 0.15) is 5.56 Å². The van der Waals surface area contributed by atoms with E-state index in [0.29, 0.717) is 22.8 Å². The fraction of sp³-hybridized carbons (Fsp3) is 0.0714. The molecule has 3 N–H and O–H groups in total. The van der Waals surface area contributed by atoms with Gasteiger partial charge in [-0.15, -0.1) is 0 Å². The van der Waals surface area contributed by atoms with Crippen molar-refractivity contribution in [2.24, 2.45) is 5.73 Å². The normalized spacial score (nSPS) is 9.95. The molecule has 0 atom stereocenters. The molecule has 21 heavy (non-hydrogen) atoms. The summed E-state index contributed by atoms with van der Waals surface area (Å²) >= 11 is 0. The number of nitrogens with one attached hydrogen (secondary N) is 1. The lowest BCUT2D eigenvalue weighted by Gasteiger charge is -2.11. The number of nitro groups is 1. The summed E-state index contributed by atoms with van der Waals surface area (Å²) in [7, 11) is 1.47. The summed E-state index contributed by atoms with van der Waals surface area (Å²) in [5.74, 6) is 1.21. The van der Waals surface area contributed by atoms with Gasteiger partial charge in [-0.2, -0.15) is 0 Å². The Morgan fingerprint density at radius 2 is 1.86 bits per heavy atom. The highest BCUT2D eigenvalue weighted by Gasteiger charge is 2.10. The second-order valence-electron chi connectivity index (χ2n) is 4.13. The van der Waals surface area contributed by atoms with Gasteiger partial charge in [0.25, 0.3) is 5.69 Å². The van der Waals surface area contributed by atoms with E-state index < -0.39 is 4.92 Å². The third kappa shape index (κ3) is 3.27. The Kier molecular flexibility index (Phi) is 4.03. The maximum atomic E-state index is 10.6. The molecule has 0 heterocycles. The van der Waals surface area contributed by atoms with Gasteiger partial charge < -0.3 is 15.2 Å². The summed E-state index contributed by atoms with van der Waals surface area (Å²) < 4.78 is 10.8. The molecule has 0 aliphatic heterocycles. The molecule has 108 valence electrons. The van der Waals surface area contributed by atoms with E-state index in [-0.39, 0.29) is 11.5 Å². The number of nitrogens with zero attached hydrogens (tertiary/aromatic N) is 1. The van der Waals surface area contributed by atoms with E-state index in [1.54, 1.807) is 18.2 Å². The minimum Gasteiger partial charge on any atom is -0.493 e. The SMILES string of the molecule is COc1cc(C(=N)N)ccc1Oc1ccc([N+](=O)[O-])cc1. The van der Waals surface area contributed by atoms with Crippen LogP contribution in [0.5, 0.6) is 17.2 Å². The second kappa shape index (κ2) is 5.91. The van der Waals surface area contributed by atoms with Crippen molar-refractivity contribution in [2.75, 3.05) is 7.11 Å². The van der Waals surface area contributed by atoms with Crippen LogP contribution in [0.2, 0.25) is 0 Å². The average molecular weight is 287 g/mol. The molecule has 7 heteroatoms. The van der Waals surface area contributed by atoms with Crippen molar-refractivity contribution in [3.05, 3.63) is 58.1 Å². The number of benzene rings is 2. The largest absolute Gasteiger partial charge is 0.493 e. The Balaban J connectivity index is 2.26. The first kappa shape index (κ1) is 14.3. The zero-order chi connectivity index (χ0) is 15.4. The first-order valence-electron chi connectivity index (χ1n) is 5.96. The van der Waals surface area contributed by atoms with Gasteiger partial charge in [-0.3, -0.25) is 15.5 Å². The third-order valence-electron chi connectivity index (χ3n) is 2.75. The molecule has 0 amide bonds. The van der Waals surface area contributed by atoms with Crippen LogP contribution in [0.3, 0.4) is 0 Å². The van der Waals surface area contributed by atoms with Gasteiger partial charge >= 0.3 is 0 Å². The van der Waals surface area contributed by atoms with Crippen LogP contribution < -0.4 is 15.2 Å². The van der Waals surface area contributed by atoms with E-state index in [2.05, 4.69) is 0 Å². The molecule has 0 saturated heterocycles. The summed E-state index contributed by atoms with van der Waals surface area (Å²) in [6, 6.07) is 10.5. The van der Waals surface area contributed by atoms with E-state index in [0.717, 1.165) is 0 Å². The number of hydrogen-bond acceptors (Lipinski definition) is 5. The summed E-state index contributed by atoms with van der Waals surface area (Å²) in [4.78, 5) is 10.1. The van der Waals surface area contributed by atoms with Crippen molar-refractivity contribution in [3.8, 4) is 17.2 Å². The first-order valence-corrected chi connectivity index (χ1v) is 5.96. The molecule has 0 aliphatic carbocycles. The number of nitrogens with two attached hydrogens (primary N) is 1. The van der Waals surface area contributed by atoms with E-state index >= 15 is 0 Å². The lowest BCUT2D eigenvalue weighted by molar-refractivity contribution is -0.384. The molecular weight excluding hydrogens is 274 g/mol. The number of nitro benzene ring substituents is 1. The van der Waals surface area contributed by atoms with E-state index in [4.69, 9.17) is 20.6 Å². The number of nitrogen functional groups attached to an aromatic ring is 1. The van der Waals surface area contributed by atoms with Gasteiger partial charge in [0.15, 0.2) is 11.5 Å². The van der Waals surface area contributed by atoms with Crippen molar-refractivity contribution in [3.63, 3.8) is 0 Å². The van der Waals surface area contributed by atoms with Crippen LogP contribution in [0, 0.1) is 15.5 Å². The molecule has 0 aromatic heterocycles. The quantitative estimate of drug-likeness (QED) is 0.380. The zero-order valence-electron chi connectivity index (χ0n) is 11.2.